The van der Waals surface area contributed by atoms with Crippen molar-refractivity contribution in [3.63, 3.8) is 0 Å². The highest BCUT2D eigenvalue weighted by atomic mass is 32.3. The normalized spacial score (nSPS) is 18.9. The van der Waals surface area contributed by atoms with Crippen molar-refractivity contribution < 1.29 is 17.1 Å². The van der Waals surface area contributed by atoms with Crippen LogP contribution in [0, 0.1) is 5.92 Å². The van der Waals surface area contributed by atoms with E-state index in [9.17, 15) is 17.1 Å². The summed E-state index contributed by atoms with van der Waals surface area (Å²) in [5.74, 6) is -1.10. The third-order valence-corrected chi connectivity index (χ3v) is 4.41. The first-order chi connectivity index (χ1) is 10.4. The van der Waals surface area contributed by atoms with E-state index in [2.05, 4.69) is 9.97 Å². The van der Waals surface area contributed by atoms with Gasteiger partial charge in [0.05, 0.1) is 17.6 Å². The smallest absolute Gasteiger partial charge is 0.302 e. The zero-order valence-corrected chi connectivity index (χ0v) is 12.4. The number of nitrogens with zero attached hydrogens (tertiary/aromatic N) is 2. The van der Waals surface area contributed by atoms with E-state index in [1.54, 1.807) is 6.20 Å². The molecule has 0 aliphatic carbocycles. The Labute approximate surface area is 127 Å². The Kier molecular flexibility index (Phi) is 3.69. The van der Waals surface area contributed by atoms with Crippen LogP contribution >= 0.6 is 0 Å². The molecule has 0 bridgehead atoms. The van der Waals surface area contributed by atoms with Gasteiger partial charge < -0.3 is 4.98 Å². The Morgan fingerprint density at radius 1 is 1.32 bits per heavy atom. The van der Waals surface area contributed by atoms with Crippen molar-refractivity contribution >= 4 is 22.1 Å². The first kappa shape index (κ1) is 14.7. The lowest BCUT2D eigenvalue weighted by Crippen LogP contribution is -2.26. The monoisotopic (exact) mass is 323 g/mol. The highest BCUT2D eigenvalue weighted by Gasteiger charge is 2.34. The molecule has 1 amide bonds. The summed E-state index contributed by atoms with van der Waals surface area (Å²) in [7, 11) is -4.58. The molecule has 1 atom stereocenters. The van der Waals surface area contributed by atoms with Gasteiger partial charge in [-0.2, -0.15) is 8.42 Å². The number of carbonyl (C=O) groups is 1. The third-order valence-electron chi connectivity index (χ3n) is 3.54. The van der Waals surface area contributed by atoms with Crippen LogP contribution in [0.15, 0.2) is 36.5 Å². The lowest BCUT2D eigenvalue weighted by Gasteiger charge is -2.12. The van der Waals surface area contributed by atoms with Crippen LogP contribution in [0.4, 0.5) is 9.83 Å². The van der Waals surface area contributed by atoms with Gasteiger partial charge in [-0.05, 0) is 5.56 Å². The summed E-state index contributed by atoms with van der Waals surface area (Å²) in [5, 5.41) is 0. The summed E-state index contributed by atoms with van der Waals surface area (Å²) in [5.41, 5.74) is 1.68. The van der Waals surface area contributed by atoms with Crippen LogP contribution in [0.1, 0.15) is 6.42 Å². The van der Waals surface area contributed by atoms with Gasteiger partial charge in [-0.15, -0.1) is 3.89 Å². The van der Waals surface area contributed by atoms with Gasteiger partial charge in [-0.1, -0.05) is 30.3 Å². The van der Waals surface area contributed by atoms with Gasteiger partial charge in [0, 0.05) is 18.9 Å². The molecule has 1 N–H and O–H groups in total. The number of anilines is 1. The van der Waals surface area contributed by atoms with Crippen molar-refractivity contribution in [2.45, 2.75) is 6.42 Å². The molecule has 1 unspecified atom stereocenters. The molecule has 116 valence electrons. The van der Waals surface area contributed by atoms with E-state index in [0.717, 1.165) is 11.3 Å². The minimum Gasteiger partial charge on any atom is -0.324 e. The van der Waals surface area contributed by atoms with E-state index in [1.807, 2.05) is 30.3 Å². The number of rotatable bonds is 4. The number of nitrogens with one attached hydrogen (secondary N) is 1. The number of aromatic amines is 1. The number of hydrogen-bond acceptors (Lipinski definition) is 4. The van der Waals surface area contributed by atoms with Gasteiger partial charge in [0.15, 0.2) is 0 Å². The third kappa shape index (κ3) is 3.16. The van der Waals surface area contributed by atoms with Gasteiger partial charge in [-0.25, -0.2) is 4.98 Å². The zero-order chi connectivity index (χ0) is 15.7. The van der Waals surface area contributed by atoms with E-state index < -0.39 is 21.9 Å². The Morgan fingerprint density at radius 3 is 2.73 bits per heavy atom. The molecule has 2 heterocycles. The quantitative estimate of drug-likeness (QED) is 0.869. The number of halogens is 1. The molecule has 1 fully saturated rings. The van der Waals surface area contributed by atoms with E-state index in [-0.39, 0.29) is 18.9 Å². The Morgan fingerprint density at radius 2 is 2.05 bits per heavy atom. The van der Waals surface area contributed by atoms with Gasteiger partial charge in [0.25, 0.3) is 0 Å². The van der Waals surface area contributed by atoms with Crippen LogP contribution in [0.5, 0.6) is 0 Å². The van der Waals surface area contributed by atoms with E-state index in [1.165, 1.54) is 4.90 Å². The maximum atomic E-state index is 12.7. The SMILES string of the molecule is O=C1CC(CS(=O)(=O)F)CN1c1ncc(-c2ccccc2)[nH]1. The van der Waals surface area contributed by atoms with Crippen molar-refractivity contribution in [1.29, 1.82) is 0 Å². The molecule has 1 aromatic carbocycles. The maximum Gasteiger partial charge on any atom is 0.302 e. The number of H-pyrrole nitrogens is 1. The fraction of sp³-hybridized carbons (Fsp3) is 0.286. The summed E-state index contributed by atoms with van der Waals surface area (Å²) in [6.07, 6.45) is 1.61. The number of amides is 1. The number of benzene rings is 1. The van der Waals surface area contributed by atoms with Crippen LogP contribution < -0.4 is 4.90 Å². The Bertz CT molecular complexity index is 789. The standard InChI is InChI=1S/C14H14FN3O3S/c15-22(20,21)9-10-6-13(19)18(8-10)14-16-7-12(17-14)11-4-2-1-3-5-11/h1-5,7,10H,6,8-9H2,(H,16,17). The molecule has 0 spiro atoms. The van der Waals surface area contributed by atoms with Gasteiger partial charge >= 0.3 is 10.2 Å². The average molecular weight is 323 g/mol. The molecule has 1 aliphatic heterocycles. The van der Waals surface area contributed by atoms with Crippen LogP contribution in [-0.4, -0.2) is 36.6 Å². The molecular formula is C14H14FN3O3S. The molecule has 2 aromatic rings. The molecule has 8 heteroatoms. The predicted octanol–water partition coefficient (Wildman–Crippen LogP) is 1.73. The molecule has 3 rings (SSSR count). The number of hydrogen-bond donors (Lipinski definition) is 1. The molecule has 0 radical (unpaired) electrons. The van der Waals surface area contributed by atoms with Gasteiger partial charge in [0.1, 0.15) is 0 Å². The topological polar surface area (TPSA) is 83.1 Å². The molecular weight excluding hydrogens is 309 g/mol. The number of carbonyl (C=O) groups excluding carboxylic acids is 1. The molecule has 1 aromatic heterocycles. The molecule has 6 nitrogen and oxygen atoms in total. The highest BCUT2D eigenvalue weighted by molar-refractivity contribution is 7.86. The number of imidazole rings is 1. The minimum atomic E-state index is -4.58. The van der Waals surface area contributed by atoms with E-state index in [4.69, 9.17) is 0 Å². The van der Waals surface area contributed by atoms with Gasteiger partial charge in [0.2, 0.25) is 11.9 Å². The first-order valence-corrected chi connectivity index (χ1v) is 8.31. The van der Waals surface area contributed by atoms with Crippen molar-refractivity contribution in [2.75, 3.05) is 17.2 Å². The number of aromatic nitrogens is 2. The summed E-state index contributed by atoms with van der Waals surface area (Å²) in [6, 6.07) is 9.48. The van der Waals surface area contributed by atoms with Gasteiger partial charge in [-0.3, -0.25) is 9.69 Å². The van der Waals surface area contributed by atoms with Crippen molar-refractivity contribution in [3.05, 3.63) is 36.5 Å². The zero-order valence-electron chi connectivity index (χ0n) is 11.6. The van der Waals surface area contributed by atoms with E-state index in [0.29, 0.717) is 5.95 Å². The largest absolute Gasteiger partial charge is 0.324 e. The molecule has 0 saturated carbocycles. The fourth-order valence-electron chi connectivity index (χ4n) is 2.59. The summed E-state index contributed by atoms with van der Waals surface area (Å²) >= 11 is 0. The maximum absolute atomic E-state index is 12.7. The predicted molar refractivity (Wildman–Crippen MR) is 79.4 cm³/mol. The fourth-order valence-corrected chi connectivity index (χ4v) is 3.38. The summed E-state index contributed by atoms with van der Waals surface area (Å²) in [6.45, 7) is 0.143. The second-order valence-corrected chi connectivity index (χ2v) is 6.68. The Hall–Kier alpha value is -2.22. The summed E-state index contributed by atoms with van der Waals surface area (Å²) in [4.78, 5) is 20.5. The van der Waals surface area contributed by atoms with Crippen molar-refractivity contribution in [3.8, 4) is 11.3 Å². The lowest BCUT2D eigenvalue weighted by molar-refractivity contribution is -0.117. The minimum absolute atomic E-state index is 0.00448. The van der Waals surface area contributed by atoms with Crippen molar-refractivity contribution in [1.82, 2.24) is 9.97 Å². The molecule has 1 saturated heterocycles. The highest BCUT2D eigenvalue weighted by Crippen LogP contribution is 2.26. The Balaban J connectivity index is 1.78. The lowest BCUT2D eigenvalue weighted by atomic mass is 10.1. The van der Waals surface area contributed by atoms with Crippen LogP contribution in [0.25, 0.3) is 11.3 Å². The first-order valence-electron chi connectivity index (χ1n) is 6.75. The van der Waals surface area contributed by atoms with Crippen LogP contribution in [0.2, 0.25) is 0 Å². The second-order valence-electron chi connectivity index (χ2n) is 5.27. The average Bonchev–Trinajstić information content (AvgIpc) is 3.05. The van der Waals surface area contributed by atoms with Crippen molar-refractivity contribution in [2.24, 2.45) is 5.92 Å². The van der Waals surface area contributed by atoms with Crippen LogP contribution in [-0.2, 0) is 15.0 Å². The molecule has 22 heavy (non-hydrogen) atoms. The molecule has 1 aliphatic rings. The van der Waals surface area contributed by atoms with E-state index >= 15 is 0 Å². The summed E-state index contributed by atoms with van der Waals surface area (Å²) < 4.78 is 34.2. The second kappa shape index (κ2) is 5.53. The van der Waals surface area contributed by atoms with Crippen LogP contribution in [0.3, 0.4) is 0 Å².